The van der Waals surface area contributed by atoms with E-state index in [1.54, 1.807) is 12.1 Å². The molecule has 98 valence electrons. The van der Waals surface area contributed by atoms with E-state index in [4.69, 9.17) is 5.14 Å². The second-order valence-electron chi connectivity index (χ2n) is 4.13. The van der Waals surface area contributed by atoms with Crippen molar-refractivity contribution >= 4 is 15.8 Å². The Morgan fingerprint density at radius 3 is 2.16 bits per heavy atom. The van der Waals surface area contributed by atoms with Gasteiger partial charge in [0.05, 0.1) is 4.90 Å². The minimum atomic E-state index is -3.89. The monoisotopic (exact) mass is 275 g/mol. The maximum atomic E-state index is 12.2. The van der Waals surface area contributed by atoms with Crippen LogP contribution in [0.4, 0.5) is 0 Å². The zero-order valence-electron chi connectivity index (χ0n) is 10.1. The van der Waals surface area contributed by atoms with Crippen LogP contribution in [0, 0.1) is 0 Å². The molecular weight excluding hydrogens is 262 g/mol. The summed E-state index contributed by atoms with van der Waals surface area (Å²) in [5.74, 6) is -0.268. The van der Waals surface area contributed by atoms with Crippen molar-refractivity contribution in [2.24, 2.45) is 5.14 Å². The molecule has 0 aliphatic rings. The molecule has 0 aliphatic heterocycles. The van der Waals surface area contributed by atoms with Crippen molar-refractivity contribution in [1.29, 1.82) is 0 Å². The number of sulfonamides is 1. The number of benzene rings is 2. The van der Waals surface area contributed by atoms with Gasteiger partial charge in [-0.3, -0.25) is 4.79 Å². The molecule has 2 N–H and O–H groups in total. The fourth-order valence-corrected chi connectivity index (χ4v) is 2.58. The van der Waals surface area contributed by atoms with Crippen LogP contribution in [0.25, 0.3) is 0 Å². The number of primary sulfonamides is 1. The summed E-state index contributed by atoms with van der Waals surface area (Å²) in [5.41, 5.74) is 0.963. The van der Waals surface area contributed by atoms with Gasteiger partial charge >= 0.3 is 0 Å². The van der Waals surface area contributed by atoms with E-state index in [1.807, 2.05) is 30.3 Å². The van der Waals surface area contributed by atoms with Gasteiger partial charge in [0, 0.05) is 12.0 Å². The van der Waals surface area contributed by atoms with E-state index in [-0.39, 0.29) is 22.7 Å². The fraction of sp³-hybridized carbons (Fsp3) is 0.0714. The summed E-state index contributed by atoms with van der Waals surface area (Å²) in [5, 5.41) is 5.11. The van der Waals surface area contributed by atoms with Gasteiger partial charge in [-0.05, 0) is 11.6 Å². The summed E-state index contributed by atoms with van der Waals surface area (Å²) in [7, 11) is -3.89. The van der Waals surface area contributed by atoms with E-state index in [0.29, 0.717) is 0 Å². The normalized spacial score (nSPS) is 11.2. The molecule has 0 bridgehead atoms. The van der Waals surface area contributed by atoms with Crippen LogP contribution < -0.4 is 5.14 Å². The summed E-state index contributed by atoms with van der Waals surface area (Å²) >= 11 is 0. The maximum Gasteiger partial charge on any atom is 0.238 e. The molecule has 0 amide bonds. The number of rotatable bonds is 4. The highest BCUT2D eigenvalue weighted by Crippen LogP contribution is 2.16. The number of carbonyl (C=O) groups is 1. The standard InChI is InChI=1S/C14H13NO3S/c15-19(17,18)14-9-5-4-8-12(14)13(16)10-11-6-2-1-3-7-11/h1-9H,10H2,(H2,15,17,18). The molecule has 0 unspecified atom stereocenters. The number of carbonyl (C=O) groups excluding carboxylic acids is 1. The molecule has 0 spiro atoms. The maximum absolute atomic E-state index is 12.2. The third-order valence-corrected chi connectivity index (χ3v) is 3.67. The number of Topliss-reactive ketones (excluding diaryl/α,β-unsaturated/α-hetero) is 1. The highest BCUT2D eigenvalue weighted by Gasteiger charge is 2.18. The predicted molar refractivity (Wildman–Crippen MR) is 72.3 cm³/mol. The van der Waals surface area contributed by atoms with Crippen molar-refractivity contribution < 1.29 is 13.2 Å². The van der Waals surface area contributed by atoms with E-state index in [2.05, 4.69) is 0 Å². The number of ketones is 1. The van der Waals surface area contributed by atoms with Crippen LogP contribution in [0.2, 0.25) is 0 Å². The number of hydrogen-bond donors (Lipinski definition) is 1. The van der Waals surface area contributed by atoms with Crippen molar-refractivity contribution in [1.82, 2.24) is 0 Å². The lowest BCUT2D eigenvalue weighted by Gasteiger charge is -2.06. The quantitative estimate of drug-likeness (QED) is 0.864. The second kappa shape index (κ2) is 5.34. The van der Waals surface area contributed by atoms with Crippen molar-refractivity contribution in [2.75, 3.05) is 0 Å². The second-order valence-corrected chi connectivity index (χ2v) is 5.66. The lowest BCUT2D eigenvalue weighted by Crippen LogP contribution is -2.17. The fourth-order valence-electron chi connectivity index (χ4n) is 1.82. The smallest absolute Gasteiger partial charge is 0.238 e. The van der Waals surface area contributed by atoms with Crippen LogP contribution in [0.5, 0.6) is 0 Å². The highest BCUT2D eigenvalue weighted by atomic mass is 32.2. The molecule has 2 aromatic rings. The summed E-state index contributed by atoms with van der Waals surface area (Å²) in [6.45, 7) is 0. The average molecular weight is 275 g/mol. The van der Waals surface area contributed by atoms with Crippen LogP contribution in [0.15, 0.2) is 59.5 Å². The third kappa shape index (κ3) is 3.27. The summed E-state index contributed by atoms with van der Waals surface area (Å²) in [6, 6.07) is 15.1. The van der Waals surface area contributed by atoms with Crippen LogP contribution in [-0.2, 0) is 16.4 Å². The Labute approximate surface area is 111 Å². The van der Waals surface area contributed by atoms with Crippen LogP contribution in [0.1, 0.15) is 15.9 Å². The Hall–Kier alpha value is -1.98. The van der Waals surface area contributed by atoms with E-state index >= 15 is 0 Å². The molecule has 0 fully saturated rings. The Kier molecular flexibility index (Phi) is 3.78. The first kappa shape index (κ1) is 13.5. The molecule has 0 saturated heterocycles. The highest BCUT2D eigenvalue weighted by molar-refractivity contribution is 7.89. The molecule has 0 aliphatic carbocycles. The first-order valence-electron chi connectivity index (χ1n) is 5.67. The summed E-state index contributed by atoms with van der Waals surface area (Å²) in [6.07, 6.45) is 0.146. The first-order valence-corrected chi connectivity index (χ1v) is 7.22. The third-order valence-electron chi connectivity index (χ3n) is 2.70. The van der Waals surface area contributed by atoms with E-state index in [0.717, 1.165) is 5.56 Å². The summed E-state index contributed by atoms with van der Waals surface area (Å²) in [4.78, 5) is 12.0. The molecule has 19 heavy (non-hydrogen) atoms. The molecule has 0 heterocycles. The zero-order chi connectivity index (χ0) is 13.9. The van der Waals surface area contributed by atoms with E-state index in [9.17, 15) is 13.2 Å². The van der Waals surface area contributed by atoms with Gasteiger partial charge in [-0.15, -0.1) is 0 Å². The lowest BCUT2D eigenvalue weighted by molar-refractivity contribution is 0.0990. The molecule has 0 atom stereocenters. The van der Waals surface area contributed by atoms with Gasteiger partial charge in [0.25, 0.3) is 0 Å². The van der Waals surface area contributed by atoms with Gasteiger partial charge in [0.2, 0.25) is 10.0 Å². The van der Waals surface area contributed by atoms with Gasteiger partial charge in [-0.2, -0.15) is 0 Å². The average Bonchev–Trinajstić information content (AvgIpc) is 2.39. The van der Waals surface area contributed by atoms with Gasteiger partial charge in [-0.25, -0.2) is 13.6 Å². The van der Waals surface area contributed by atoms with Crippen LogP contribution in [-0.4, -0.2) is 14.2 Å². The van der Waals surface area contributed by atoms with Gasteiger partial charge in [-0.1, -0.05) is 48.5 Å². The Bertz CT molecular complexity index is 694. The van der Waals surface area contributed by atoms with Crippen molar-refractivity contribution in [2.45, 2.75) is 11.3 Å². The molecule has 0 radical (unpaired) electrons. The topological polar surface area (TPSA) is 77.2 Å². The van der Waals surface area contributed by atoms with Crippen LogP contribution >= 0.6 is 0 Å². The molecule has 5 heteroatoms. The minimum absolute atomic E-state index is 0.129. The zero-order valence-corrected chi connectivity index (χ0v) is 10.9. The molecule has 4 nitrogen and oxygen atoms in total. The van der Waals surface area contributed by atoms with Gasteiger partial charge in [0.15, 0.2) is 5.78 Å². The predicted octanol–water partition coefficient (Wildman–Crippen LogP) is 1.76. The first-order chi connectivity index (χ1) is 8.98. The molecular formula is C14H13NO3S. The largest absolute Gasteiger partial charge is 0.294 e. The van der Waals surface area contributed by atoms with E-state index < -0.39 is 10.0 Å². The number of nitrogens with two attached hydrogens (primary N) is 1. The lowest BCUT2D eigenvalue weighted by atomic mass is 10.0. The Balaban J connectivity index is 2.35. The molecule has 0 aromatic heterocycles. The minimum Gasteiger partial charge on any atom is -0.294 e. The Morgan fingerprint density at radius 2 is 1.53 bits per heavy atom. The Morgan fingerprint density at radius 1 is 0.947 bits per heavy atom. The molecule has 0 saturated carbocycles. The van der Waals surface area contributed by atoms with Crippen molar-refractivity contribution in [3.8, 4) is 0 Å². The molecule has 2 rings (SSSR count). The summed E-state index contributed by atoms with van der Waals surface area (Å²) < 4.78 is 22.9. The number of hydrogen-bond acceptors (Lipinski definition) is 3. The van der Waals surface area contributed by atoms with Crippen molar-refractivity contribution in [3.63, 3.8) is 0 Å². The van der Waals surface area contributed by atoms with Crippen LogP contribution in [0.3, 0.4) is 0 Å². The van der Waals surface area contributed by atoms with Crippen molar-refractivity contribution in [3.05, 3.63) is 65.7 Å². The van der Waals surface area contributed by atoms with E-state index in [1.165, 1.54) is 12.1 Å². The van der Waals surface area contributed by atoms with Gasteiger partial charge in [0.1, 0.15) is 0 Å². The van der Waals surface area contributed by atoms with Gasteiger partial charge < -0.3 is 0 Å². The molecule has 2 aromatic carbocycles. The SMILES string of the molecule is NS(=O)(=O)c1ccccc1C(=O)Cc1ccccc1.